The van der Waals surface area contributed by atoms with Crippen LogP contribution in [0.2, 0.25) is 0 Å². The first-order chi connectivity index (χ1) is 6.72. The van der Waals surface area contributed by atoms with E-state index < -0.39 is 0 Å². The molecule has 0 aliphatic heterocycles. The Morgan fingerprint density at radius 2 is 2.57 bits per heavy atom. The van der Waals surface area contributed by atoms with Gasteiger partial charge in [0.15, 0.2) is 0 Å². The summed E-state index contributed by atoms with van der Waals surface area (Å²) < 4.78 is 6.15. The van der Waals surface area contributed by atoms with Crippen LogP contribution in [0.1, 0.15) is 0 Å². The third-order valence-corrected chi connectivity index (χ3v) is 1.49. The maximum absolute atomic E-state index is 11.2. The maximum Gasteiger partial charge on any atom is 0.241 e. The molecule has 7 heteroatoms. The van der Waals surface area contributed by atoms with Crippen LogP contribution in [0.15, 0.2) is 6.33 Å². The lowest BCUT2D eigenvalue weighted by molar-refractivity contribution is -0.122. The van der Waals surface area contributed by atoms with Crippen molar-refractivity contribution in [1.82, 2.24) is 20.1 Å². The van der Waals surface area contributed by atoms with E-state index in [1.54, 1.807) is 7.11 Å². The summed E-state index contributed by atoms with van der Waals surface area (Å²) in [5.74, 6) is 0.0154. The summed E-state index contributed by atoms with van der Waals surface area (Å²) >= 11 is 0. The van der Waals surface area contributed by atoms with Gasteiger partial charge in [-0.3, -0.25) is 4.79 Å². The van der Waals surface area contributed by atoms with Crippen LogP contribution < -0.4 is 11.1 Å². The smallest absolute Gasteiger partial charge is 0.241 e. The number of nitrogens with one attached hydrogen (secondary N) is 1. The summed E-state index contributed by atoms with van der Waals surface area (Å²) in [4.78, 5) is 14.9. The molecule has 0 aliphatic carbocycles. The zero-order valence-electron chi connectivity index (χ0n) is 7.93. The quantitative estimate of drug-likeness (QED) is 0.570. The molecule has 1 rings (SSSR count). The number of amides is 1. The summed E-state index contributed by atoms with van der Waals surface area (Å²) in [6.45, 7) is 1.10. The average Bonchev–Trinajstić information content (AvgIpc) is 2.52. The van der Waals surface area contributed by atoms with Gasteiger partial charge in [0.25, 0.3) is 0 Å². The van der Waals surface area contributed by atoms with E-state index in [2.05, 4.69) is 15.4 Å². The molecule has 7 nitrogen and oxygen atoms in total. The lowest BCUT2D eigenvalue weighted by Gasteiger charge is -2.03. The molecule has 1 aromatic heterocycles. The van der Waals surface area contributed by atoms with Crippen LogP contribution in [0, 0.1) is 0 Å². The standard InChI is InChI=1S/C7H13N5O2/c1-14-3-2-9-6(13)4-12-5-10-7(8)11-12/h5H,2-4H2,1H3,(H2,8,11)(H,9,13). The van der Waals surface area contributed by atoms with Crippen molar-refractivity contribution >= 4 is 11.9 Å². The predicted molar refractivity (Wildman–Crippen MR) is 49.3 cm³/mol. The Morgan fingerprint density at radius 3 is 3.14 bits per heavy atom. The molecule has 0 unspecified atom stereocenters. The highest BCUT2D eigenvalue weighted by molar-refractivity contribution is 5.75. The molecule has 3 N–H and O–H groups in total. The highest BCUT2D eigenvalue weighted by Gasteiger charge is 2.03. The zero-order valence-corrected chi connectivity index (χ0v) is 7.93. The maximum atomic E-state index is 11.2. The van der Waals surface area contributed by atoms with Crippen LogP contribution in [-0.2, 0) is 16.1 Å². The van der Waals surface area contributed by atoms with Crippen LogP contribution in [0.25, 0.3) is 0 Å². The number of ether oxygens (including phenoxy) is 1. The Balaban J connectivity index is 2.27. The van der Waals surface area contributed by atoms with E-state index in [0.29, 0.717) is 13.2 Å². The van der Waals surface area contributed by atoms with E-state index in [4.69, 9.17) is 10.5 Å². The van der Waals surface area contributed by atoms with Crippen molar-refractivity contribution in [2.45, 2.75) is 6.54 Å². The van der Waals surface area contributed by atoms with E-state index in [1.165, 1.54) is 11.0 Å². The minimum Gasteiger partial charge on any atom is -0.383 e. The molecule has 0 bridgehead atoms. The van der Waals surface area contributed by atoms with Crippen molar-refractivity contribution in [3.63, 3.8) is 0 Å². The van der Waals surface area contributed by atoms with Gasteiger partial charge in [0, 0.05) is 13.7 Å². The molecule has 0 saturated heterocycles. The van der Waals surface area contributed by atoms with E-state index in [0.717, 1.165) is 0 Å². The van der Waals surface area contributed by atoms with Gasteiger partial charge in [-0.15, -0.1) is 5.10 Å². The fourth-order valence-corrected chi connectivity index (χ4v) is 0.881. The second-order valence-corrected chi connectivity index (χ2v) is 2.64. The first-order valence-electron chi connectivity index (χ1n) is 4.13. The van der Waals surface area contributed by atoms with Gasteiger partial charge in [0.05, 0.1) is 6.61 Å². The van der Waals surface area contributed by atoms with Gasteiger partial charge in [-0.1, -0.05) is 0 Å². The number of nitrogen functional groups attached to an aromatic ring is 1. The molecule has 0 fully saturated rings. The lowest BCUT2D eigenvalue weighted by atomic mass is 10.5. The minimum absolute atomic E-state index is 0.119. The molecule has 0 aromatic carbocycles. The molecule has 0 atom stereocenters. The van der Waals surface area contributed by atoms with Gasteiger partial charge >= 0.3 is 0 Å². The number of methoxy groups -OCH3 is 1. The number of nitrogens with zero attached hydrogens (tertiary/aromatic N) is 3. The number of carbonyl (C=O) groups excluding carboxylic acids is 1. The molecule has 0 spiro atoms. The molecule has 0 saturated carbocycles. The molecule has 78 valence electrons. The average molecular weight is 199 g/mol. The normalized spacial score (nSPS) is 10.1. The van der Waals surface area contributed by atoms with E-state index in [-0.39, 0.29) is 18.4 Å². The Kier molecular flexibility index (Phi) is 3.86. The van der Waals surface area contributed by atoms with Crippen LogP contribution >= 0.6 is 0 Å². The van der Waals surface area contributed by atoms with Crippen molar-refractivity contribution < 1.29 is 9.53 Å². The SMILES string of the molecule is COCCNC(=O)Cn1cnc(N)n1. The molecule has 1 amide bonds. The second kappa shape index (κ2) is 5.18. The van der Waals surface area contributed by atoms with Gasteiger partial charge in [-0.05, 0) is 0 Å². The topological polar surface area (TPSA) is 95.1 Å². The number of nitrogens with two attached hydrogens (primary N) is 1. The number of anilines is 1. The number of hydrogen-bond donors (Lipinski definition) is 2. The molecule has 0 aliphatic rings. The Morgan fingerprint density at radius 1 is 1.79 bits per heavy atom. The summed E-state index contributed by atoms with van der Waals surface area (Å²) in [6, 6.07) is 0. The van der Waals surface area contributed by atoms with E-state index in [1.807, 2.05) is 0 Å². The first-order valence-corrected chi connectivity index (χ1v) is 4.13. The molecule has 1 heterocycles. The van der Waals surface area contributed by atoms with Gasteiger partial charge in [0.1, 0.15) is 12.9 Å². The summed E-state index contributed by atoms with van der Waals surface area (Å²) in [7, 11) is 1.57. The highest BCUT2D eigenvalue weighted by Crippen LogP contribution is 1.88. The van der Waals surface area contributed by atoms with Crippen LogP contribution in [-0.4, -0.2) is 40.9 Å². The monoisotopic (exact) mass is 199 g/mol. The highest BCUT2D eigenvalue weighted by atomic mass is 16.5. The van der Waals surface area contributed by atoms with Crippen molar-refractivity contribution in [3.8, 4) is 0 Å². The van der Waals surface area contributed by atoms with Gasteiger partial charge < -0.3 is 15.8 Å². The summed E-state index contributed by atoms with van der Waals surface area (Å²) in [6.07, 6.45) is 1.41. The van der Waals surface area contributed by atoms with Crippen LogP contribution in [0.5, 0.6) is 0 Å². The van der Waals surface area contributed by atoms with Crippen molar-refractivity contribution in [2.75, 3.05) is 26.0 Å². The first kappa shape index (κ1) is 10.5. The molecule has 14 heavy (non-hydrogen) atoms. The minimum atomic E-state index is -0.146. The second-order valence-electron chi connectivity index (χ2n) is 2.64. The van der Waals surface area contributed by atoms with Crippen molar-refractivity contribution in [1.29, 1.82) is 0 Å². The Labute approximate surface area is 81.2 Å². The van der Waals surface area contributed by atoms with Crippen molar-refractivity contribution in [2.24, 2.45) is 0 Å². The molecule has 1 aromatic rings. The zero-order chi connectivity index (χ0) is 10.4. The van der Waals surface area contributed by atoms with Gasteiger partial charge in [0.2, 0.25) is 11.9 Å². The number of carbonyl (C=O) groups is 1. The van der Waals surface area contributed by atoms with Gasteiger partial charge in [-0.25, -0.2) is 9.67 Å². The fraction of sp³-hybridized carbons (Fsp3) is 0.571. The lowest BCUT2D eigenvalue weighted by Crippen LogP contribution is -2.30. The fourth-order valence-electron chi connectivity index (χ4n) is 0.881. The number of hydrogen-bond acceptors (Lipinski definition) is 5. The Bertz CT molecular complexity index is 298. The third kappa shape index (κ3) is 3.40. The van der Waals surface area contributed by atoms with Gasteiger partial charge in [-0.2, -0.15) is 0 Å². The summed E-state index contributed by atoms with van der Waals surface area (Å²) in [5, 5.41) is 6.42. The van der Waals surface area contributed by atoms with Crippen LogP contribution in [0.4, 0.5) is 5.95 Å². The predicted octanol–water partition coefficient (Wildman–Crippen LogP) is -1.38. The number of aromatic nitrogens is 3. The molecular formula is C7H13N5O2. The molecular weight excluding hydrogens is 186 g/mol. The number of rotatable bonds is 5. The molecule has 0 radical (unpaired) electrons. The Hall–Kier alpha value is -1.63. The largest absolute Gasteiger partial charge is 0.383 e. The third-order valence-electron chi connectivity index (χ3n) is 1.49. The van der Waals surface area contributed by atoms with Crippen LogP contribution in [0.3, 0.4) is 0 Å². The van der Waals surface area contributed by atoms with Crippen molar-refractivity contribution in [3.05, 3.63) is 6.33 Å². The van der Waals surface area contributed by atoms with E-state index >= 15 is 0 Å². The summed E-state index contributed by atoms with van der Waals surface area (Å²) in [5.41, 5.74) is 5.28. The van der Waals surface area contributed by atoms with E-state index in [9.17, 15) is 4.79 Å².